The van der Waals surface area contributed by atoms with Crippen LogP contribution in [0.2, 0.25) is 5.02 Å². The Kier molecular flexibility index (Phi) is 4.57. The molecule has 3 aliphatic rings. The van der Waals surface area contributed by atoms with Gasteiger partial charge in [-0.15, -0.1) is 0 Å². The number of ketones is 1. The van der Waals surface area contributed by atoms with Crippen molar-refractivity contribution < 1.29 is 4.79 Å². The zero-order valence-electron chi connectivity index (χ0n) is 14.3. The molecule has 1 saturated carbocycles. The quantitative estimate of drug-likeness (QED) is 0.888. The number of rotatable bonds is 3. The van der Waals surface area contributed by atoms with Crippen molar-refractivity contribution in [2.75, 3.05) is 31.5 Å². The van der Waals surface area contributed by atoms with E-state index in [-0.39, 0.29) is 5.41 Å². The highest BCUT2D eigenvalue weighted by molar-refractivity contribution is 6.30. The van der Waals surface area contributed by atoms with Gasteiger partial charge in [-0.1, -0.05) is 36.9 Å². The fraction of sp³-hybridized carbons (Fsp3) is 0.650. The van der Waals surface area contributed by atoms with E-state index in [9.17, 15) is 4.79 Å². The molecule has 0 bridgehead atoms. The number of carbonyl (C=O) groups excluding carboxylic acids is 1. The van der Waals surface area contributed by atoms with Crippen LogP contribution in [-0.4, -0.2) is 36.9 Å². The predicted molar refractivity (Wildman–Crippen MR) is 98.9 cm³/mol. The number of halogens is 1. The summed E-state index contributed by atoms with van der Waals surface area (Å²) in [6.07, 6.45) is 8.30. The first-order valence-electron chi connectivity index (χ1n) is 9.45. The fourth-order valence-electron chi connectivity index (χ4n) is 4.84. The number of carbonyl (C=O) groups is 1. The standard InChI is InChI=1S/C20H27ClN2O/c21-16-6-7-17-18(12-16)22-14-20(17)8-10-23(11-9-20)13-19(24)15-4-2-1-3-5-15/h6-7,12,15,22H,1-5,8-11,13-14H2. The van der Waals surface area contributed by atoms with Gasteiger partial charge in [0.1, 0.15) is 5.78 Å². The maximum atomic E-state index is 12.5. The predicted octanol–water partition coefficient (Wildman–Crippen LogP) is 4.25. The second-order valence-corrected chi connectivity index (χ2v) is 8.34. The Labute approximate surface area is 149 Å². The molecule has 1 N–H and O–H groups in total. The largest absolute Gasteiger partial charge is 0.384 e. The van der Waals surface area contributed by atoms with Crippen molar-refractivity contribution in [3.63, 3.8) is 0 Å². The summed E-state index contributed by atoms with van der Waals surface area (Å²) < 4.78 is 0. The summed E-state index contributed by atoms with van der Waals surface area (Å²) >= 11 is 6.12. The Morgan fingerprint density at radius 2 is 1.96 bits per heavy atom. The van der Waals surface area contributed by atoms with Gasteiger partial charge in [-0.3, -0.25) is 9.69 Å². The minimum Gasteiger partial charge on any atom is -0.384 e. The summed E-state index contributed by atoms with van der Waals surface area (Å²) in [5, 5.41) is 4.34. The monoisotopic (exact) mass is 346 g/mol. The average molecular weight is 347 g/mol. The van der Waals surface area contributed by atoms with Crippen LogP contribution in [0.4, 0.5) is 5.69 Å². The number of nitrogens with one attached hydrogen (secondary N) is 1. The van der Waals surface area contributed by atoms with Crippen LogP contribution in [0.1, 0.15) is 50.5 Å². The van der Waals surface area contributed by atoms with Crippen molar-refractivity contribution in [3.05, 3.63) is 28.8 Å². The Bertz CT molecular complexity index is 616. The molecule has 1 aromatic carbocycles. The number of anilines is 1. The number of hydrogen-bond acceptors (Lipinski definition) is 3. The Hall–Kier alpha value is -1.06. The third kappa shape index (κ3) is 3.09. The van der Waals surface area contributed by atoms with Gasteiger partial charge in [0.15, 0.2) is 0 Å². The SMILES string of the molecule is O=C(CN1CCC2(CC1)CNc1cc(Cl)ccc12)C1CCCCC1. The van der Waals surface area contributed by atoms with E-state index in [0.29, 0.717) is 18.2 Å². The van der Waals surface area contributed by atoms with E-state index < -0.39 is 0 Å². The molecule has 3 nitrogen and oxygen atoms in total. The van der Waals surface area contributed by atoms with Crippen LogP contribution in [0.3, 0.4) is 0 Å². The Morgan fingerprint density at radius 1 is 1.21 bits per heavy atom. The molecule has 0 atom stereocenters. The maximum Gasteiger partial charge on any atom is 0.149 e. The molecule has 24 heavy (non-hydrogen) atoms. The lowest BCUT2D eigenvalue weighted by molar-refractivity contribution is -0.125. The maximum absolute atomic E-state index is 12.5. The molecule has 1 aliphatic carbocycles. The third-order valence-electron chi connectivity index (χ3n) is 6.42. The lowest BCUT2D eigenvalue weighted by Gasteiger charge is -2.39. The molecular weight excluding hydrogens is 320 g/mol. The summed E-state index contributed by atoms with van der Waals surface area (Å²) in [5.41, 5.74) is 2.86. The van der Waals surface area contributed by atoms with E-state index in [1.807, 2.05) is 12.1 Å². The minimum atomic E-state index is 0.240. The van der Waals surface area contributed by atoms with Crippen LogP contribution >= 0.6 is 11.6 Å². The molecule has 1 spiro atoms. The van der Waals surface area contributed by atoms with Crippen molar-refractivity contribution in [3.8, 4) is 0 Å². The topological polar surface area (TPSA) is 32.3 Å². The molecule has 1 saturated heterocycles. The van der Waals surface area contributed by atoms with E-state index in [1.165, 1.54) is 30.5 Å². The molecule has 0 unspecified atom stereocenters. The highest BCUT2D eigenvalue weighted by Gasteiger charge is 2.41. The summed E-state index contributed by atoms with van der Waals surface area (Å²) in [6.45, 7) is 3.74. The van der Waals surface area contributed by atoms with Gasteiger partial charge < -0.3 is 5.32 Å². The zero-order chi connectivity index (χ0) is 16.6. The molecule has 1 aromatic rings. The van der Waals surface area contributed by atoms with Gasteiger partial charge in [-0.2, -0.15) is 0 Å². The third-order valence-corrected chi connectivity index (χ3v) is 6.66. The van der Waals surface area contributed by atoms with Crippen molar-refractivity contribution in [2.45, 2.75) is 50.4 Å². The number of benzene rings is 1. The minimum absolute atomic E-state index is 0.240. The first-order valence-corrected chi connectivity index (χ1v) is 9.83. The number of piperidine rings is 1. The molecule has 2 fully saturated rings. The molecule has 0 aromatic heterocycles. The smallest absolute Gasteiger partial charge is 0.149 e. The molecule has 130 valence electrons. The first kappa shape index (κ1) is 16.4. The van der Waals surface area contributed by atoms with E-state index >= 15 is 0 Å². The Morgan fingerprint density at radius 3 is 2.71 bits per heavy atom. The van der Waals surface area contributed by atoms with E-state index in [0.717, 1.165) is 50.3 Å². The van der Waals surface area contributed by atoms with Crippen LogP contribution in [0.25, 0.3) is 0 Å². The summed E-state index contributed by atoms with van der Waals surface area (Å²) in [5.74, 6) is 0.827. The molecule has 4 heteroatoms. The van der Waals surface area contributed by atoms with Gasteiger partial charge in [0, 0.05) is 28.6 Å². The molecular formula is C20H27ClN2O. The van der Waals surface area contributed by atoms with Gasteiger partial charge in [0.25, 0.3) is 0 Å². The van der Waals surface area contributed by atoms with Crippen molar-refractivity contribution in [1.29, 1.82) is 0 Å². The second-order valence-electron chi connectivity index (χ2n) is 7.90. The number of nitrogens with zero attached hydrogens (tertiary/aromatic N) is 1. The van der Waals surface area contributed by atoms with Gasteiger partial charge in [0.05, 0.1) is 6.54 Å². The van der Waals surface area contributed by atoms with Crippen molar-refractivity contribution in [1.82, 2.24) is 4.90 Å². The van der Waals surface area contributed by atoms with Gasteiger partial charge in [-0.25, -0.2) is 0 Å². The van der Waals surface area contributed by atoms with Gasteiger partial charge in [-0.05, 0) is 56.5 Å². The first-order chi connectivity index (χ1) is 11.7. The number of likely N-dealkylation sites (tertiary alicyclic amines) is 1. The van der Waals surface area contributed by atoms with Crippen LogP contribution in [0, 0.1) is 5.92 Å². The van der Waals surface area contributed by atoms with Crippen LogP contribution in [0.15, 0.2) is 18.2 Å². The fourth-order valence-corrected chi connectivity index (χ4v) is 5.02. The van der Waals surface area contributed by atoms with E-state index in [2.05, 4.69) is 16.3 Å². The zero-order valence-corrected chi connectivity index (χ0v) is 15.1. The molecule has 2 heterocycles. The van der Waals surface area contributed by atoms with Crippen LogP contribution in [0.5, 0.6) is 0 Å². The lowest BCUT2D eigenvalue weighted by Crippen LogP contribution is -2.46. The summed E-state index contributed by atoms with van der Waals surface area (Å²) in [7, 11) is 0. The summed E-state index contributed by atoms with van der Waals surface area (Å²) in [6, 6.07) is 6.25. The number of hydrogen-bond donors (Lipinski definition) is 1. The van der Waals surface area contributed by atoms with Gasteiger partial charge >= 0.3 is 0 Å². The van der Waals surface area contributed by atoms with Crippen molar-refractivity contribution in [2.24, 2.45) is 5.92 Å². The van der Waals surface area contributed by atoms with Crippen LogP contribution in [-0.2, 0) is 10.2 Å². The number of fused-ring (bicyclic) bond motifs is 2. The molecule has 0 amide bonds. The molecule has 2 aliphatic heterocycles. The summed E-state index contributed by atoms with van der Waals surface area (Å²) in [4.78, 5) is 14.9. The highest BCUT2D eigenvalue weighted by Crippen LogP contribution is 2.44. The normalized spacial score (nSPS) is 23.9. The highest BCUT2D eigenvalue weighted by atomic mass is 35.5. The molecule has 4 rings (SSSR count). The van der Waals surface area contributed by atoms with E-state index in [1.54, 1.807) is 0 Å². The lowest BCUT2D eigenvalue weighted by atomic mass is 9.74. The Balaban J connectivity index is 1.37. The average Bonchev–Trinajstić information content (AvgIpc) is 2.95. The van der Waals surface area contributed by atoms with E-state index in [4.69, 9.17) is 11.6 Å². The van der Waals surface area contributed by atoms with Crippen molar-refractivity contribution >= 4 is 23.1 Å². The second kappa shape index (κ2) is 6.68. The van der Waals surface area contributed by atoms with Crippen LogP contribution < -0.4 is 5.32 Å². The van der Waals surface area contributed by atoms with Gasteiger partial charge in [0.2, 0.25) is 0 Å². The molecule has 0 radical (unpaired) electrons. The number of Topliss-reactive ketones (excluding diaryl/α,β-unsaturated/α-hetero) is 1.